The van der Waals surface area contributed by atoms with E-state index < -0.39 is 10.0 Å². The number of rotatable bonds is 3. The Balaban J connectivity index is 1.97. The summed E-state index contributed by atoms with van der Waals surface area (Å²) < 4.78 is 27.0. The lowest BCUT2D eigenvalue weighted by Crippen LogP contribution is -2.14. The molecule has 0 fully saturated rings. The molecule has 112 valence electrons. The predicted molar refractivity (Wildman–Crippen MR) is 85.9 cm³/mol. The topological polar surface area (TPSA) is 98.0 Å². The van der Waals surface area contributed by atoms with Crippen molar-refractivity contribution in [1.29, 1.82) is 0 Å². The number of fused-ring (bicyclic) bond motifs is 1. The molecule has 6 nitrogen and oxygen atoms in total. The summed E-state index contributed by atoms with van der Waals surface area (Å²) >= 11 is 0. The van der Waals surface area contributed by atoms with Crippen LogP contribution >= 0.6 is 0 Å². The molecule has 3 aromatic rings. The first-order valence-electron chi connectivity index (χ1n) is 6.56. The third-order valence-corrected chi connectivity index (χ3v) is 4.57. The number of hydrogen-bond donors (Lipinski definition) is 2. The van der Waals surface area contributed by atoms with Crippen molar-refractivity contribution in [3.8, 4) is 0 Å². The molecule has 0 bridgehead atoms. The second-order valence-corrected chi connectivity index (χ2v) is 6.55. The van der Waals surface area contributed by atoms with Crippen LogP contribution in [0.3, 0.4) is 0 Å². The van der Waals surface area contributed by atoms with Crippen LogP contribution in [0.25, 0.3) is 11.0 Å². The number of hydrogen-bond acceptors (Lipinski definition) is 5. The van der Waals surface area contributed by atoms with Crippen molar-refractivity contribution in [3.63, 3.8) is 0 Å². The summed E-state index contributed by atoms with van der Waals surface area (Å²) in [6.45, 7) is 1.93. The van der Waals surface area contributed by atoms with Crippen molar-refractivity contribution < 1.29 is 8.42 Å². The van der Waals surface area contributed by atoms with E-state index in [2.05, 4.69) is 14.7 Å². The van der Waals surface area contributed by atoms with Crippen molar-refractivity contribution in [2.45, 2.75) is 11.8 Å². The minimum atomic E-state index is -3.72. The van der Waals surface area contributed by atoms with Gasteiger partial charge in [0.25, 0.3) is 10.0 Å². The third kappa shape index (κ3) is 2.71. The van der Waals surface area contributed by atoms with Gasteiger partial charge in [-0.2, -0.15) is 0 Å². The average Bonchev–Trinajstić information content (AvgIpc) is 2.47. The van der Waals surface area contributed by atoms with Gasteiger partial charge in [-0.05, 0) is 42.8 Å². The Morgan fingerprint density at radius 3 is 2.55 bits per heavy atom. The number of para-hydroxylation sites is 1. The molecule has 0 saturated carbocycles. The summed E-state index contributed by atoms with van der Waals surface area (Å²) in [7, 11) is -3.72. The summed E-state index contributed by atoms with van der Waals surface area (Å²) in [5.74, 6) is 0.176. The van der Waals surface area contributed by atoms with Gasteiger partial charge in [-0.15, -0.1) is 0 Å². The minimum absolute atomic E-state index is 0.118. The molecule has 0 atom stereocenters. The number of anilines is 2. The highest BCUT2D eigenvalue weighted by Gasteiger charge is 2.15. The largest absolute Gasteiger partial charge is 0.399 e. The zero-order valence-corrected chi connectivity index (χ0v) is 12.6. The van der Waals surface area contributed by atoms with Gasteiger partial charge in [0.2, 0.25) is 0 Å². The minimum Gasteiger partial charge on any atom is -0.399 e. The quantitative estimate of drug-likeness (QED) is 0.723. The molecule has 0 spiro atoms. The highest BCUT2D eigenvalue weighted by molar-refractivity contribution is 7.92. The van der Waals surface area contributed by atoms with E-state index in [1.165, 1.54) is 30.5 Å². The van der Waals surface area contributed by atoms with Gasteiger partial charge in [-0.3, -0.25) is 9.71 Å². The van der Waals surface area contributed by atoms with E-state index in [9.17, 15) is 8.42 Å². The first-order valence-corrected chi connectivity index (χ1v) is 8.05. The number of sulfonamides is 1. The van der Waals surface area contributed by atoms with Crippen molar-refractivity contribution in [2.24, 2.45) is 0 Å². The van der Waals surface area contributed by atoms with Crippen molar-refractivity contribution >= 4 is 32.6 Å². The van der Waals surface area contributed by atoms with E-state index in [0.29, 0.717) is 11.2 Å². The zero-order chi connectivity index (χ0) is 15.7. The van der Waals surface area contributed by atoms with Gasteiger partial charge in [0.15, 0.2) is 5.82 Å². The Kier molecular flexibility index (Phi) is 3.42. The van der Waals surface area contributed by atoms with E-state index in [0.717, 1.165) is 11.1 Å². The van der Waals surface area contributed by atoms with Crippen LogP contribution in [-0.4, -0.2) is 18.4 Å². The van der Waals surface area contributed by atoms with Gasteiger partial charge in [-0.1, -0.05) is 12.1 Å². The number of nitrogens with zero attached hydrogens (tertiary/aromatic N) is 2. The fraction of sp³-hybridized carbons (Fsp3) is 0.0667. The van der Waals surface area contributed by atoms with Crippen LogP contribution in [0.2, 0.25) is 0 Å². The first kappa shape index (κ1) is 14.3. The van der Waals surface area contributed by atoms with Crippen LogP contribution in [0.15, 0.2) is 53.6 Å². The molecular weight excluding hydrogens is 300 g/mol. The highest BCUT2D eigenvalue weighted by atomic mass is 32.2. The average molecular weight is 314 g/mol. The molecule has 7 heteroatoms. The van der Waals surface area contributed by atoms with Gasteiger partial charge in [-0.25, -0.2) is 13.4 Å². The molecule has 1 aromatic heterocycles. The fourth-order valence-corrected chi connectivity index (χ4v) is 3.06. The lowest BCUT2D eigenvalue weighted by molar-refractivity contribution is 0.601. The van der Waals surface area contributed by atoms with Crippen LogP contribution in [0.4, 0.5) is 11.5 Å². The molecule has 0 aliphatic rings. The Labute approximate surface area is 128 Å². The molecule has 3 rings (SSSR count). The van der Waals surface area contributed by atoms with Crippen LogP contribution < -0.4 is 10.5 Å². The standard InChI is InChI=1S/C15H14N4O2S/c1-10-3-2-4-13-15(10)17-9-14(18-13)19-22(20,21)12-7-5-11(16)6-8-12/h2-9H,16H2,1H3,(H,18,19). The fourth-order valence-electron chi connectivity index (χ4n) is 2.08. The van der Waals surface area contributed by atoms with Gasteiger partial charge < -0.3 is 5.73 Å². The zero-order valence-electron chi connectivity index (χ0n) is 11.8. The molecule has 3 N–H and O–H groups in total. The Hall–Kier alpha value is -2.67. The molecule has 2 aromatic carbocycles. The van der Waals surface area contributed by atoms with Crippen molar-refractivity contribution in [2.75, 3.05) is 10.5 Å². The Morgan fingerprint density at radius 2 is 1.82 bits per heavy atom. The number of benzene rings is 2. The second-order valence-electron chi connectivity index (χ2n) is 4.87. The molecular formula is C15H14N4O2S. The molecule has 0 unspecified atom stereocenters. The summed E-state index contributed by atoms with van der Waals surface area (Å²) in [4.78, 5) is 8.67. The molecule has 0 radical (unpaired) electrons. The maximum absolute atomic E-state index is 12.3. The monoisotopic (exact) mass is 314 g/mol. The molecule has 1 heterocycles. The first-order chi connectivity index (χ1) is 10.5. The van der Waals surface area contributed by atoms with Crippen LogP contribution in [-0.2, 0) is 10.0 Å². The molecule has 22 heavy (non-hydrogen) atoms. The highest BCUT2D eigenvalue weighted by Crippen LogP contribution is 2.19. The summed E-state index contributed by atoms with van der Waals surface area (Å²) in [6, 6.07) is 11.5. The number of nitrogen functional groups attached to an aromatic ring is 1. The van der Waals surface area contributed by atoms with Crippen LogP contribution in [0.1, 0.15) is 5.56 Å². The van der Waals surface area contributed by atoms with Gasteiger partial charge >= 0.3 is 0 Å². The number of nitrogens with one attached hydrogen (secondary N) is 1. The number of nitrogens with two attached hydrogens (primary N) is 1. The van der Waals surface area contributed by atoms with Gasteiger partial charge in [0, 0.05) is 5.69 Å². The summed E-state index contributed by atoms with van der Waals surface area (Å²) in [5, 5.41) is 0. The van der Waals surface area contributed by atoms with Crippen LogP contribution in [0, 0.1) is 6.92 Å². The van der Waals surface area contributed by atoms with Gasteiger partial charge in [0.1, 0.15) is 0 Å². The molecule has 0 amide bonds. The normalized spacial score (nSPS) is 11.5. The van der Waals surface area contributed by atoms with E-state index >= 15 is 0 Å². The SMILES string of the molecule is Cc1cccc2nc(NS(=O)(=O)c3ccc(N)cc3)cnc12. The molecule has 0 aliphatic carbocycles. The second kappa shape index (κ2) is 5.27. The maximum Gasteiger partial charge on any atom is 0.263 e. The third-order valence-electron chi connectivity index (χ3n) is 3.20. The predicted octanol–water partition coefficient (Wildman–Crippen LogP) is 2.32. The number of aryl methyl sites for hydroxylation is 1. The van der Waals surface area contributed by atoms with Crippen molar-refractivity contribution in [1.82, 2.24) is 9.97 Å². The van der Waals surface area contributed by atoms with E-state index in [1.54, 1.807) is 6.07 Å². The number of aromatic nitrogens is 2. The van der Waals surface area contributed by atoms with E-state index in [1.807, 2.05) is 19.1 Å². The van der Waals surface area contributed by atoms with E-state index in [4.69, 9.17) is 5.73 Å². The maximum atomic E-state index is 12.3. The Morgan fingerprint density at radius 1 is 1.09 bits per heavy atom. The van der Waals surface area contributed by atoms with Crippen molar-refractivity contribution in [3.05, 3.63) is 54.2 Å². The smallest absolute Gasteiger partial charge is 0.263 e. The summed E-state index contributed by atoms with van der Waals surface area (Å²) in [5.41, 5.74) is 8.43. The Bertz CT molecular complexity index is 937. The van der Waals surface area contributed by atoms with Crippen LogP contribution in [0.5, 0.6) is 0 Å². The lowest BCUT2D eigenvalue weighted by Gasteiger charge is -2.08. The van der Waals surface area contributed by atoms with Gasteiger partial charge in [0.05, 0.1) is 22.1 Å². The summed E-state index contributed by atoms with van der Waals surface area (Å²) in [6.07, 6.45) is 1.41. The molecule has 0 saturated heterocycles. The lowest BCUT2D eigenvalue weighted by atomic mass is 10.2. The van der Waals surface area contributed by atoms with E-state index in [-0.39, 0.29) is 10.7 Å². The molecule has 0 aliphatic heterocycles.